The fraction of sp³-hybridized carbons (Fsp3) is 0.500. The summed E-state index contributed by atoms with van der Waals surface area (Å²) < 4.78 is 0. The van der Waals surface area contributed by atoms with Crippen molar-refractivity contribution >= 4 is 11.6 Å². The van der Waals surface area contributed by atoms with Gasteiger partial charge >= 0.3 is 0 Å². The first-order valence-electron chi connectivity index (χ1n) is 8.94. The normalized spacial score (nSPS) is 30.6. The summed E-state index contributed by atoms with van der Waals surface area (Å²) in [5.41, 5.74) is 7.87. The molecule has 3 atom stereocenters. The van der Waals surface area contributed by atoms with Crippen molar-refractivity contribution in [3.63, 3.8) is 0 Å². The van der Waals surface area contributed by atoms with Gasteiger partial charge in [-0.3, -0.25) is 9.79 Å². The van der Waals surface area contributed by atoms with Gasteiger partial charge in [0.25, 0.3) is 5.91 Å². The van der Waals surface area contributed by atoms with E-state index in [-0.39, 0.29) is 11.4 Å². The molecule has 4 nitrogen and oxygen atoms in total. The summed E-state index contributed by atoms with van der Waals surface area (Å²) >= 11 is 0. The number of nitrogens with two attached hydrogens (primary N) is 1. The summed E-state index contributed by atoms with van der Waals surface area (Å²) in [5.74, 6) is 2.44. The molecule has 0 spiro atoms. The SMILES string of the molecule is CN=C(C(=CN)C(=O)NC1(C2CC3C[C@@H]3C2)CC1)c1ccccc1. The van der Waals surface area contributed by atoms with Crippen LogP contribution in [0.5, 0.6) is 0 Å². The van der Waals surface area contributed by atoms with Gasteiger partial charge in [-0.25, -0.2) is 0 Å². The predicted molar refractivity (Wildman–Crippen MR) is 95.6 cm³/mol. The second-order valence-electron chi connectivity index (χ2n) is 7.55. The van der Waals surface area contributed by atoms with E-state index in [0.717, 1.165) is 30.2 Å². The van der Waals surface area contributed by atoms with Crippen LogP contribution >= 0.6 is 0 Å². The first-order valence-corrected chi connectivity index (χ1v) is 8.94. The van der Waals surface area contributed by atoms with E-state index < -0.39 is 0 Å². The van der Waals surface area contributed by atoms with E-state index in [1.807, 2.05) is 30.3 Å². The molecule has 3 aliphatic carbocycles. The van der Waals surface area contributed by atoms with E-state index in [1.165, 1.54) is 25.5 Å². The number of rotatable bonds is 5. The van der Waals surface area contributed by atoms with Crippen LogP contribution in [-0.2, 0) is 4.79 Å². The zero-order valence-electron chi connectivity index (χ0n) is 14.2. The van der Waals surface area contributed by atoms with E-state index in [4.69, 9.17) is 5.73 Å². The molecule has 0 aromatic heterocycles. The Kier molecular flexibility index (Phi) is 3.70. The molecule has 4 heteroatoms. The van der Waals surface area contributed by atoms with Crippen molar-refractivity contribution in [2.45, 2.75) is 37.6 Å². The highest BCUT2D eigenvalue weighted by atomic mass is 16.2. The molecule has 0 radical (unpaired) electrons. The lowest BCUT2D eigenvalue weighted by atomic mass is 9.91. The maximum atomic E-state index is 12.9. The van der Waals surface area contributed by atoms with Crippen LogP contribution in [0.1, 0.15) is 37.7 Å². The summed E-state index contributed by atoms with van der Waals surface area (Å²) in [6.45, 7) is 0. The third-order valence-corrected chi connectivity index (χ3v) is 6.11. The molecule has 0 saturated heterocycles. The highest BCUT2D eigenvalue weighted by molar-refractivity contribution is 6.28. The zero-order valence-corrected chi connectivity index (χ0v) is 14.2. The maximum Gasteiger partial charge on any atom is 0.255 e. The van der Waals surface area contributed by atoms with Crippen molar-refractivity contribution in [1.82, 2.24) is 5.32 Å². The summed E-state index contributed by atoms with van der Waals surface area (Å²) in [5, 5.41) is 3.32. The fourth-order valence-corrected chi connectivity index (χ4v) is 4.49. The average Bonchev–Trinajstić information content (AvgIpc) is 3.52. The summed E-state index contributed by atoms with van der Waals surface area (Å²) in [6, 6.07) is 9.75. The van der Waals surface area contributed by atoms with Crippen molar-refractivity contribution in [2.24, 2.45) is 28.5 Å². The largest absolute Gasteiger partial charge is 0.404 e. The Morgan fingerprint density at radius 3 is 2.42 bits per heavy atom. The molecule has 0 bridgehead atoms. The van der Waals surface area contributed by atoms with Crippen LogP contribution in [-0.4, -0.2) is 24.2 Å². The van der Waals surface area contributed by atoms with Crippen molar-refractivity contribution in [3.8, 4) is 0 Å². The number of carbonyl (C=O) groups is 1. The molecule has 3 fully saturated rings. The van der Waals surface area contributed by atoms with Gasteiger partial charge in [0.05, 0.1) is 11.3 Å². The Hall–Kier alpha value is -2.10. The van der Waals surface area contributed by atoms with E-state index in [0.29, 0.717) is 17.2 Å². The third-order valence-electron chi connectivity index (χ3n) is 6.11. The number of hydrogen-bond acceptors (Lipinski definition) is 3. The topological polar surface area (TPSA) is 67.5 Å². The Morgan fingerprint density at radius 2 is 1.88 bits per heavy atom. The highest BCUT2D eigenvalue weighted by Crippen LogP contribution is 2.61. The van der Waals surface area contributed by atoms with Gasteiger partial charge in [-0.2, -0.15) is 0 Å². The molecule has 3 saturated carbocycles. The number of carbonyl (C=O) groups excluding carboxylic acids is 1. The number of benzene rings is 1. The first-order chi connectivity index (χ1) is 11.7. The minimum Gasteiger partial charge on any atom is -0.404 e. The van der Waals surface area contributed by atoms with Gasteiger partial charge in [0.2, 0.25) is 0 Å². The summed E-state index contributed by atoms with van der Waals surface area (Å²) in [7, 11) is 1.70. The standard InChI is InChI=1S/C20H25N3O/c1-22-18(13-5-3-2-4-6-13)17(12-21)19(24)23-20(7-8-20)16-10-14-9-15(14)11-16/h2-6,12,14-16H,7-11,21H2,1H3,(H,23,24)/t14-,15?,16?/m1/s1. The smallest absolute Gasteiger partial charge is 0.255 e. The Morgan fingerprint density at radius 1 is 1.21 bits per heavy atom. The van der Waals surface area contributed by atoms with Gasteiger partial charge < -0.3 is 11.1 Å². The van der Waals surface area contributed by atoms with Gasteiger partial charge in [-0.15, -0.1) is 0 Å². The summed E-state index contributed by atoms with van der Waals surface area (Å²) in [6.07, 6.45) is 7.59. The molecule has 3 aliphatic rings. The lowest BCUT2D eigenvalue weighted by Crippen LogP contribution is -2.44. The molecule has 1 amide bonds. The van der Waals surface area contributed by atoms with Gasteiger partial charge in [-0.05, 0) is 49.9 Å². The van der Waals surface area contributed by atoms with Gasteiger partial charge in [0.15, 0.2) is 0 Å². The van der Waals surface area contributed by atoms with Crippen molar-refractivity contribution in [3.05, 3.63) is 47.7 Å². The van der Waals surface area contributed by atoms with Crippen LogP contribution in [0.4, 0.5) is 0 Å². The van der Waals surface area contributed by atoms with Crippen molar-refractivity contribution in [2.75, 3.05) is 7.05 Å². The number of aliphatic imine (C=N–C) groups is 1. The molecule has 126 valence electrons. The van der Waals surface area contributed by atoms with Crippen LogP contribution in [0.3, 0.4) is 0 Å². The van der Waals surface area contributed by atoms with Crippen LogP contribution in [0, 0.1) is 17.8 Å². The van der Waals surface area contributed by atoms with Gasteiger partial charge in [0.1, 0.15) is 0 Å². The predicted octanol–water partition coefficient (Wildman–Crippen LogP) is 2.64. The Labute approximate surface area is 143 Å². The lowest BCUT2D eigenvalue weighted by molar-refractivity contribution is -0.118. The van der Waals surface area contributed by atoms with E-state index in [9.17, 15) is 4.79 Å². The zero-order chi connectivity index (χ0) is 16.7. The molecule has 1 aromatic rings. The molecular formula is C20H25N3O. The summed E-state index contributed by atoms with van der Waals surface area (Å²) in [4.78, 5) is 17.2. The average molecular weight is 323 g/mol. The van der Waals surface area contributed by atoms with Gasteiger partial charge in [-0.1, -0.05) is 30.3 Å². The molecule has 24 heavy (non-hydrogen) atoms. The molecular weight excluding hydrogens is 298 g/mol. The molecule has 3 N–H and O–H groups in total. The number of nitrogens with one attached hydrogen (secondary N) is 1. The molecule has 1 aromatic carbocycles. The van der Waals surface area contributed by atoms with E-state index in [2.05, 4.69) is 10.3 Å². The molecule has 2 unspecified atom stereocenters. The first kappa shape index (κ1) is 15.4. The highest BCUT2D eigenvalue weighted by Gasteiger charge is 2.58. The van der Waals surface area contributed by atoms with Crippen LogP contribution < -0.4 is 11.1 Å². The second kappa shape index (κ2) is 5.76. The fourth-order valence-electron chi connectivity index (χ4n) is 4.49. The lowest BCUT2D eigenvalue weighted by Gasteiger charge is -2.26. The number of fused-ring (bicyclic) bond motifs is 1. The quantitative estimate of drug-likeness (QED) is 0.646. The van der Waals surface area contributed by atoms with Crippen LogP contribution in [0.15, 0.2) is 47.1 Å². The number of nitrogens with zero attached hydrogens (tertiary/aromatic N) is 1. The van der Waals surface area contributed by atoms with E-state index >= 15 is 0 Å². The van der Waals surface area contributed by atoms with Crippen molar-refractivity contribution in [1.29, 1.82) is 0 Å². The number of amides is 1. The second-order valence-corrected chi connectivity index (χ2v) is 7.55. The minimum absolute atomic E-state index is 0.0221. The van der Waals surface area contributed by atoms with Crippen LogP contribution in [0.25, 0.3) is 0 Å². The van der Waals surface area contributed by atoms with Crippen LogP contribution in [0.2, 0.25) is 0 Å². The Balaban J connectivity index is 1.50. The minimum atomic E-state index is -0.0833. The third kappa shape index (κ3) is 2.64. The number of hydrogen-bond donors (Lipinski definition) is 2. The van der Waals surface area contributed by atoms with Crippen molar-refractivity contribution < 1.29 is 4.79 Å². The monoisotopic (exact) mass is 323 g/mol. The maximum absolute atomic E-state index is 12.9. The molecule has 4 rings (SSSR count). The van der Waals surface area contributed by atoms with E-state index in [1.54, 1.807) is 7.05 Å². The van der Waals surface area contributed by atoms with Gasteiger partial charge in [0, 0.05) is 24.4 Å². The molecule has 0 heterocycles. The molecule has 0 aliphatic heterocycles. The Bertz CT molecular complexity index is 693.